The average Bonchev–Trinajstić information content (AvgIpc) is 2.59. The van der Waals surface area contributed by atoms with E-state index in [4.69, 9.17) is 9.84 Å². The van der Waals surface area contributed by atoms with Crippen molar-refractivity contribution in [3.05, 3.63) is 29.8 Å². The molecule has 9 heteroatoms. The Morgan fingerprint density at radius 3 is 2.16 bits per heavy atom. The first-order chi connectivity index (χ1) is 11.7. The van der Waals surface area contributed by atoms with Crippen LogP contribution in [0.2, 0.25) is 0 Å². The zero-order valence-electron chi connectivity index (χ0n) is 14.2. The zero-order chi connectivity index (χ0) is 18.6. The van der Waals surface area contributed by atoms with E-state index in [2.05, 4.69) is 0 Å². The first kappa shape index (κ1) is 19.4. The van der Waals surface area contributed by atoms with Crippen LogP contribution < -0.4 is 0 Å². The lowest BCUT2D eigenvalue weighted by atomic mass is 10.2. The van der Waals surface area contributed by atoms with Crippen molar-refractivity contribution in [1.29, 1.82) is 0 Å². The van der Waals surface area contributed by atoms with Crippen LogP contribution in [-0.4, -0.2) is 73.5 Å². The Balaban J connectivity index is 1.99. The van der Waals surface area contributed by atoms with E-state index in [1.807, 2.05) is 13.8 Å². The maximum Gasteiger partial charge on any atom is 0.335 e. The van der Waals surface area contributed by atoms with Crippen LogP contribution >= 0.6 is 0 Å². The maximum atomic E-state index is 12.6. The lowest BCUT2D eigenvalue weighted by Crippen LogP contribution is -2.51. The fourth-order valence-corrected chi connectivity index (χ4v) is 3.85. The van der Waals surface area contributed by atoms with E-state index in [0.29, 0.717) is 13.1 Å². The number of rotatable bonds is 6. The Morgan fingerprint density at radius 1 is 1.12 bits per heavy atom. The van der Waals surface area contributed by atoms with E-state index in [-0.39, 0.29) is 42.2 Å². The van der Waals surface area contributed by atoms with Crippen molar-refractivity contribution in [2.75, 3.05) is 32.8 Å². The third-order valence-corrected chi connectivity index (χ3v) is 5.78. The SMILES string of the molecule is CC(C)OCC(=O)N1CCN(S(=O)(=O)c2ccc(C(=O)O)cc2)CC1. The smallest absolute Gasteiger partial charge is 0.335 e. The van der Waals surface area contributed by atoms with Gasteiger partial charge in [-0.1, -0.05) is 0 Å². The van der Waals surface area contributed by atoms with Gasteiger partial charge < -0.3 is 14.7 Å². The zero-order valence-corrected chi connectivity index (χ0v) is 15.0. The Kier molecular flexibility index (Phi) is 6.15. The number of aromatic carboxylic acids is 1. The molecule has 138 valence electrons. The second-order valence-electron chi connectivity index (χ2n) is 5.97. The second kappa shape index (κ2) is 7.94. The van der Waals surface area contributed by atoms with Gasteiger partial charge in [-0.25, -0.2) is 13.2 Å². The van der Waals surface area contributed by atoms with Gasteiger partial charge in [-0.05, 0) is 38.1 Å². The Bertz CT molecular complexity index is 721. The molecule has 1 aromatic carbocycles. The van der Waals surface area contributed by atoms with Gasteiger partial charge in [-0.15, -0.1) is 0 Å². The Morgan fingerprint density at radius 2 is 1.68 bits per heavy atom. The number of piperazine rings is 1. The van der Waals surface area contributed by atoms with Gasteiger partial charge in [0.05, 0.1) is 16.6 Å². The van der Waals surface area contributed by atoms with Crippen molar-refractivity contribution in [3.63, 3.8) is 0 Å². The van der Waals surface area contributed by atoms with Crippen molar-refractivity contribution >= 4 is 21.9 Å². The molecule has 0 spiro atoms. The van der Waals surface area contributed by atoms with Crippen LogP contribution in [0.25, 0.3) is 0 Å². The van der Waals surface area contributed by atoms with Gasteiger partial charge >= 0.3 is 5.97 Å². The molecule has 8 nitrogen and oxygen atoms in total. The minimum Gasteiger partial charge on any atom is -0.478 e. The number of sulfonamides is 1. The normalized spacial score (nSPS) is 16.2. The number of carbonyl (C=O) groups is 2. The second-order valence-corrected chi connectivity index (χ2v) is 7.91. The number of amides is 1. The van der Waals surface area contributed by atoms with E-state index in [1.165, 1.54) is 28.6 Å². The molecule has 2 rings (SSSR count). The molecule has 0 unspecified atom stereocenters. The maximum absolute atomic E-state index is 12.6. The highest BCUT2D eigenvalue weighted by molar-refractivity contribution is 7.89. The summed E-state index contributed by atoms with van der Waals surface area (Å²) in [4.78, 5) is 24.5. The minimum absolute atomic E-state index is 0.0128. The van der Waals surface area contributed by atoms with E-state index < -0.39 is 16.0 Å². The predicted octanol–water partition coefficient (Wildman–Crippen LogP) is 0.643. The molecule has 0 aromatic heterocycles. The van der Waals surface area contributed by atoms with Crippen molar-refractivity contribution in [1.82, 2.24) is 9.21 Å². The van der Waals surface area contributed by atoms with Crippen molar-refractivity contribution in [3.8, 4) is 0 Å². The van der Waals surface area contributed by atoms with Gasteiger partial charge in [-0.3, -0.25) is 4.79 Å². The number of hydrogen-bond donors (Lipinski definition) is 1. The molecule has 1 aliphatic rings. The molecule has 0 bridgehead atoms. The first-order valence-corrected chi connectivity index (χ1v) is 9.38. The van der Waals surface area contributed by atoms with Crippen molar-refractivity contribution in [2.45, 2.75) is 24.8 Å². The van der Waals surface area contributed by atoms with E-state index in [0.717, 1.165) is 0 Å². The molecule has 1 amide bonds. The van der Waals surface area contributed by atoms with E-state index in [1.54, 1.807) is 4.90 Å². The summed E-state index contributed by atoms with van der Waals surface area (Å²) < 4.78 is 31.8. The van der Waals surface area contributed by atoms with Crippen LogP contribution in [0.15, 0.2) is 29.2 Å². The molecular formula is C16H22N2O6S. The fourth-order valence-electron chi connectivity index (χ4n) is 2.43. The third-order valence-electron chi connectivity index (χ3n) is 3.87. The summed E-state index contributed by atoms with van der Waals surface area (Å²) >= 11 is 0. The number of hydrogen-bond acceptors (Lipinski definition) is 5. The van der Waals surface area contributed by atoms with Gasteiger partial charge in [0.15, 0.2) is 0 Å². The number of nitrogens with zero attached hydrogens (tertiary/aromatic N) is 2. The number of benzene rings is 1. The van der Waals surface area contributed by atoms with E-state index >= 15 is 0 Å². The van der Waals surface area contributed by atoms with Gasteiger partial charge in [0, 0.05) is 26.2 Å². The monoisotopic (exact) mass is 370 g/mol. The van der Waals surface area contributed by atoms with Crippen LogP contribution in [0.3, 0.4) is 0 Å². The van der Waals surface area contributed by atoms with Crippen molar-refractivity contribution < 1.29 is 27.9 Å². The highest BCUT2D eigenvalue weighted by atomic mass is 32.2. The van der Waals surface area contributed by atoms with Gasteiger partial charge in [0.25, 0.3) is 0 Å². The van der Waals surface area contributed by atoms with Gasteiger partial charge in [0.1, 0.15) is 6.61 Å². The molecule has 1 fully saturated rings. The summed E-state index contributed by atoms with van der Waals surface area (Å²) in [7, 11) is -3.71. The summed E-state index contributed by atoms with van der Waals surface area (Å²) in [6.45, 7) is 4.65. The van der Waals surface area contributed by atoms with Gasteiger partial charge in [0.2, 0.25) is 15.9 Å². The largest absolute Gasteiger partial charge is 0.478 e. The van der Waals surface area contributed by atoms with Crippen molar-refractivity contribution in [2.24, 2.45) is 0 Å². The molecule has 0 atom stereocenters. The average molecular weight is 370 g/mol. The lowest BCUT2D eigenvalue weighted by molar-refractivity contribution is -0.138. The minimum atomic E-state index is -3.71. The highest BCUT2D eigenvalue weighted by Crippen LogP contribution is 2.18. The summed E-state index contributed by atoms with van der Waals surface area (Å²) in [6.07, 6.45) is -0.0422. The number of carboxylic acid groups (broad SMARTS) is 1. The molecule has 1 heterocycles. The highest BCUT2D eigenvalue weighted by Gasteiger charge is 2.30. The predicted molar refractivity (Wildman–Crippen MR) is 89.8 cm³/mol. The fraction of sp³-hybridized carbons (Fsp3) is 0.500. The molecule has 1 aromatic rings. The lowest BCUT2D eigenvalue weighted by Gasteiger charge is -2.34. The summed E-state index contributed by atoms with van der Waals surface area (Å²) in [5, 5.41) is 8.88. The molecule has 25 heavy (non-hydrogen) atoms. The molecule has 1 saturated heterocycles. The van der Waals surface area contributed by atoms with Crippen LogP contribution in [0.1, 0.15) is 24.2 Å². The van der Waals surface area contributed by atoms with Crippen LogP contribution in [0.5, 0.6) is 0 Å². The molecule has 0 aliphatic carbocycles. The molecule has 1 N–H and O–H groups in total. The van der Waals surface area contributed by atoms with E-state index in [9.17, 15) is 18.0 Å². The molecule has 0 radical (unpaired) electrons. The first-order valence-electron chi connectivity index (χ1n) is 7.94. The van der Waals surface area contributed by atoms with Crippen LogP contribution in [-0.2, 0) is 19.6 Å². The summed E-state index contributed by atoms with van der Waals surface area (Å²) in [5.41, 5.74) is 0.0273. The summed E-state index contributed by atoms with van der Waals surface area (Å²) in [6, 6.07) is 5.09. The number of carbonyl (C=O) groups excluding carboxylic acids is 1. The standard InChI is InChI=1S/C16H22N2O6S/c1-12(2)24-11-15(19)17-7-9-18(10-8-17)25(22,23)14-5-3-13(4-6-14)16(20)21/h3-6,12H,7-11H2,1-2H3,(H,20,21). The molecule has 1 aliphatic heterocycles. The number of ether oxygens (including phenoxy) is 1. The quantitative estimate of drug-likeness (QED) is 0.788. The third kappa shape index (κ3) is 4.77. The number of carboxylic acids is 1. The topological polar surface area (TPSA) is 104 Å². The summed E-state index contributed by atoms with van der Waals surface area (Å²) in [5.74, 6) is -1.27. The molecule has 0 saturated carbocycles. The van der Waals surface area contributed by atoms with Gasteiger partial charge in [-0.2, -0.15) is 4.31 Å². The van der Waals surface area contributed by atoms with Crippen LogP contribution in [0, 0.1) is 0 Å². The Labute approximate surface area is 147 Å². The van der Waals surface area contributed by atoms with Crippen LogP contribution in [0.4, 0.5) is 0 Å². The molecular weight excluding hydrogens is 348 g/mol. The Hall–Kier alpha value is -1.97.